The van der Waals surface area contributed by atoms with Gasteiger partial charge in [-0.15, -0.1) is 0 Å². The van der Waals surface area contributed by atoms with Crippen LogP contribution in [0.25, 0.3) is 0 Å². The first-order chi connectivity index (χ1) is 8.29. The number of nitrogens with two attached hydrogens (primary N) is 1. The van der Waals surface area contributed by atoms with E-state index in [1.807, 2.05) is 0 Å². The van der Waals surface area contributed by atoms with Crippen molar-refractivity contribution in [3.8, 4) is 5.75 Å². The van der Waals surface area contributed by atoms with Gasteiger partial charge >= 0.3 is 0 Å². The molecule has 2 N–H and O–H groups in total. The van der Waals surface area contributed by atoms with E-state index in [0.29, 0.717) is 17.7 Å². The highest BCUT2D eigenvalue weighted by atomic mass is 32.2. The van der Waals surface area contributed by atoms with Crippen molar-refractivity contribution >= 4 is 9.84 Å². The Morgan fingerprint density at radius 2 is 2.11 bits per heavy atom. The average Bonchev–Trinajstić information content (AvgIpc) is 2.22. The zero-order valence-electron chi connectivity index (χ0n) is 10.5. The summed E-state index contributed by atoms with van der Waals surface area (Å²) in [6, 6.07) is 3.89. The zero-order valence-corrected chi connectivity index (χ0v) is 11.3. The topological polar surface area (TPSA) is 69.4 Å². The van der Waals surface area contributed by atoms with Crippen molar-refractivity contribution in [1.29, 1.82) is 0 Å². The number of benzene rings is 1. The molecule has 1 aromatic carbocycles. The molecule has 1 atom stereocenters. The summed E-state index contributed by atoms with van der Waals surface area (Å²) in [4.78, 5) is 0. The van der Waals surface area contributed by atoms with Crippen LogP contribution in [-0.4, -0.2) is 27.0 Å². The smallest absolute Gasteiger partial charge is 0.147 e. The summed E-state index contributed by atoms with van der Waals surface area (Å²) in [6.07, 6.45) is 1.54. The Kier molecular flexibility index (Phi) is 5.10. The standard InChI is InChI=1S/C12H18FNO3S/c1-9(14)11-5-4-10(13)8-12(11)17-6-3-7-18(2,15)16/h4-5,8-9H,3,6-7,14H2,1-2H3/t9-/m0/s1. The molecule has 0 heterocycles. The Bertz CT molecular complexity index is 500. The Labute approximate surface area is 107 Å². The third-order valence-electron chi connectivity index (χ3n) is 2.38. The van der Waals surface area contributed by atoms with Crippen molar-refractivity contribution in [3.05, 3.63) is 29.6 Å². The monoisotopic (exact) mass is 275 g/mol. The maximum Gasteiger partial charge on any atom is 0.147 e. The van der Waals surface area contributed by atoms with E-state index in [4.69, 9.17) is 10.5 Å². The van der Waals surface area contributed by atoms with Crippen LogP contribution in [-0.2, 0) is 9.84 Å². The molecule has 0 aliphatic rings. The molecule has 0 aliphatic heterocycles. The molecule has 102 valence electrons. The van der Waals surface area contributed by atoms with E-state index in [1.165, 1.54) is 18.4 Å². The molecule has 0 radical (unpaired) electrons. The average molecular weight is 275 g/mol. The van der Waals surface area contributed by atoms with Crippen molar-refractivity contribution in [2.24, 2.45) is 5.73 Å². The van der Waals surface area contributed by atoms with Gasteiger partial charge in [-0.25, -0.2) is 12.8 Å². The first-order valence-corrected chi connectivity index (χ1v) is 7.71. The van der Waals surface area contributed by atoms with E-state index in [1.54, 1.807) is 13.0 Å². The van der Waals surface area contributed by atoms with Crippen molar-refractivity contribution in [2.45, 2.75) is 19.4 Å². The molecule has 0 bridgehead atoms. The van der Waals surface area contributed by atoms with Crippen LogP contribution in [0.3, 0.4) is 0 Å². The lowest BCUT2D eigenvalue weighted by Gasteiger charge is -2.13. The Morgan fingerprint density at radius 3 is 2.67 bits per heavy atom. The number of sulfone groups is 1. The highest BCUT2D eigenvalue weighted by Gasteiger charge is 2.10. The van der Waals surface area contributed by atoms with Crippen molar-refractivity contribution < 1.29 is 17.5 Å². The molecule has 0 aromatic heterocycles. The van der Waals surface area contributed by atoms with E-state index in [2.05, 4.69) is 0 Å². The van der Waals surface area contributed by atoms with E-state index in [-0.39, 0.29) is 18.4 Å². The number of hydrogen-bond acceptors (Lipinski definition) is 4. The molecular formula is C12H18FNO3S. The normalized spacial score (nSPS) is 13.3. The maximum absolute atomic E-state index is 13.1. The molecule has 18 heavy (non-hydrogen) atoms. The van der Waals surface area contributed by atoms with Crippen LogP contribution in [0.1, 0.15) is 24.9 Å². The molecule has 4 nitrogen and oxygen atoms in total. The van der Waals surface area contributed by atoms with Gasteiger partial charge in [-0.05, 0) is 19.4 Å². The first-order valence-electron chi connectivity index (χ1n) is 5.65. The summed E-state index contributed by atoms with van der Waals surface area (Å²) in [5.74, 6) is 0.0199. The molecular weight excluding hydrogens is 257 g/mol. The van der Waals surface area contributed by atoms with Crippen molar-refractivity contribution in [2.75, 3.05) is 18.6 Å². The van der Waals surface area contributed by atoms with Crippen LogP contribution >= 0.6 is 0 Å². The molecule has 0 spiro atoms. The molecule has 0 unspecified atom stereocenters. The van der Waals surface area contributed by atoms with Crippen molar-refractivity contribution in [3.63, 3.8) is 0 Å². The lowest BCUT2D eigenvalue weighted by Crippen LogP contribution is -2.11. The number of rotatable bonds is 6. The fraction of sp³-hybridized carbons (Fsp3) is 0.500. The summed E-state index contributed by atoms with van der Waals surface area (Å²) < 4.78 is 40.4. The second-order valence-corrected chi connectivity index (χ2v) is 6.56. The SMILES string of the molecule is C[C@H](N)c1ccc(F)cc1OCCCS(C)(=O)=O. The second-order valence-electron chi connectivity index (χ2n) is 4.30. The van der Waals surface area contributed by atoms with E-state index in [9.17, 15) is 12.8 Å². The number of halogens is 1. The third kappa shape index (κ3) is 5.01. The summed E-state index contributed by atoms with van der Waals surface area (Å²) in [6.45, 7) is 1.99. The van der Waals surface area contributed by atoms with Gasteiger partial charge in [0.15, 0.2) is 0 Å². The minimum Gasteiger partial charge on any atom is -0.493 e. The van der Waals surface area contributed by atoms with Gasteiger partial charge in [0, 0.05) is 23.9 Å². The van der Waals surface area contributed by atoms with Crippen LogP contribution in [0.4, 0.5) is 4.39 Å². The number of hydrogen-bond donors (Lipinski definition) is 1. The van der Waals surface area contributed by atoms with Gasteiger partial charge in [0.25, 0.3) is 0 Å². The molecule has 0 saturated heterocycles. The maximum atomic E-state index is 13.1. The minimum absolute atomic E-state index is 0.0514. The highest BCUT2D eigenvalue weighted by Crippen LogP contribution is 2.24. The largest absolute Gasteiger partial charge is 0.493 e. The third-order valence-corrected chi connectivity index (χ3v) is 3.41. The molecule has 1 rings (SSSR count). The second kappa shape index (κ2) is 6.15. The first kappa shape index (κ1) is 14.9. The van der Waals surface area contributed by atoms with Crippen LogP contribution in [0.15, 0.2) is 18.2 Å². The Balaban J connectivity index is 2.63. The Hall–Kier alpha value is -1.14. The van der Waals surface area contributed by atoms with Crippen LogP contribution < -0.4 is 10.5 Å². The summed E-state index contributed by atoms with van der Waals surface area (Å²) >= 11 is 0. The zero-order chi connectivity index (χ0) is 13.8. The lowest BCUT2D eigenvalue weighted by atomic mass is 10.1. The molecule has 0 amide bonds. The highest BCUT2D eigenvalue weighted by molar-refractivity contribution is 7.90. The van der Waals surface area contributed by atoms with E-state index < -0.39 is 15.7 Å². The van der Waals surface area contributed by atoms with Crippen LogP contribution in [0.2, 0.25) is 0 Å². The van der Waals surface area contributed by atoms with Gasteiger partial charge in [-0.2, -0.15) is 0 Å². The fourth-order valence-electron chi connectivity index (χ4n) is 1.51. The predicted molar refractivity (Wildman–Crippen MR) is 68.8 cm³/mol. The molecule has 1 aromatic rings. The van der Waals surface area contributed by atoms with Crippen LogP contribution in [0.5, 0.6) is 5.75 Å². The van der Waals surface area contributed by atoms with Gasteiger partial charge in [0.05, 0.1) is 12.4 Å². The summed E-state index contributed by atoms with van der Waals surface area (Å²) in [7, 11) is -2.99. The number of ether oxygens (including phenoxy) is 1. The Morgan fingerprint density at radius 1 is 1.44 bits per heavy atom. The van der Waals surface area contributed by atoms with E-state index in [0.717, 1.165) is 0 Å². The van der Waals surface area contributed by atoms with Gasteiger partial charge in [0.1, 0.15) is 21.4 Å². The minimum atomic E-state index is -2.99. The lowest BCUT2D eigenvalue weighted by molar-refractivity contribution is 0.311. The van der Waals surface area contributed by atoms with E-state index >= 15 is 0 Å². The molecule has 0 fully saturated rings. The molecule has 0 saturated carbocycles. The molecule has 6 heteroatoms. The van der Waals surface area contributed by atoms with Gasteiger partial charge < -0.3 is 10.5 Å². The van der Waals surface area contributed by atoms with Crippen LogP contribution in [0, 0.1) is 5.82 Å². The van der Waals surface area contributed by atoms with Crippen molar-refractivity contribution in [1.82, 2.24) is 0 Å². The quantitative estimate of drug-likeness (QED) is 0.802. The summed E-state index contributed by atoms with van der Waals surface area (Å²) in [5.41, 5.74) is 6.44. The van der Waals surface area contributed by atoms with Gasteiger partial charge in [0.2, 0.25) is 0 Å². The summed E-state index contributed by atoms with van der Waals surface area (Å²) in [5, 5.41) is 0. The van der Waals surface area contributed by atoms with Gasteiger partial charge in [-0.3, -0.25) is 0 Å². The molecule has 0 aliphatic carbocycles. The van der Waals surface area contributed by atoms with Gasteiger partial charge in [-0.1, -0.05) is 6.07 Å². The fourth-order valence-corrected chi connectivity index (χ4v) is 2.15. The predicted octanol–water partition coefficient (Wildman–Crippen LogP) is 1.66.